The lowest BCUT2D eigenvalue weighted by atomic mass is 10.0. The summed E-state index contributed by atoms with van der Waals surface area (Å²) in [5, 5.41) is 0. The van der Waals surface area contributed by atoms with Gasteiger partial charge >= 0.3 is 0 Å². The Balaban J connectivity index is 1.75. The summed E-state index contributed by atoms with van der Waals surface area (Å²) in [4.78, 5) is 4.68. The van der Waals surface area contributed by atoms with E-state index in [0.717, 1.165) is 25.2 Å². The van der Waals surface area contributed by atoms with Crippen molar-refractivity contribution in [2.45, 2.75) is 19.9 Å². The second-order valence-corrected chi connectivity index (χ2v) is 6.12. The molecule has 4 rings (SSSR count). The highest BCUT2D eigenvalue weighted by atomic mass is 15.2. The fourth-order valence-corrected chi connectivity index (χ4v) is 3.52. The predicted octanol–water partition coefficient (Wildman–Crippen LogP) is 3.98. The summed E-state index contributed by atoms with van der Waals surface area (Å²) in [6.07, 6.45) is 1.16. The van der Waals surface area contributed by atoms with Crippen LogP contribution in [-0.4, -0.2) is 13.6 Å². The molecule has 0 spiro atoms. The van der Waals surface area contributed by atoms with Crippen molar-refractivity contribution in [3.05, 3.63) is 65.2 Å². The minimum absolute atomic E-state index is 0.934. The monoisotopic (exact) mass is 276 g/mol. The van der Waals surface area contributed by atoms with Crippen LogP contribution in [0.3, 0.4) is 0 Å². The van der Waals surface area contributed by atoms with E-state index in [1.807, 2.05) is 0 Å². The molecule has 0 saturated carbocycles. The molecular formula is C19H20N2. The topological polar surface area (TPSA) is 6.48 Å². The Bertz CT molecular complexity index is 745. The van der Waals surface area contributed by atoms with Crippen molar-refractivity contribution in [2.24, 2.45) is 0 Å². The summed E-state index contributed by atoms with van der Waals surface area (Å²) >= 11 is 0. The van der Waals surface area contributed by atoms with Gasteiger partial charge in [0, 0.05) is 42.8 Å². The molecule has 2 aliphatic heterocycles. The van der Waals surface area contributed by atoms with Gasteiger partial charge in [0.2, 0.25) is 0 Å². The highest BCUT2D eigenvalue weighted by molar-refractivity contribution is 5.85. The predicted molar refractivity (Wildman–Crippen MR) is 89.8 cm³/mol. The van der Waals surface area contributed by atoms with Crippen molar-refractivity contribution >= 4 is 17.1 Å². The summed E-state index contributed by atoms with van der Waals surface area (Å²) in [7, 11) is 2.17. The first-order valence-electron chi connectivity index (χ1n) is 7.54. The number of aryl methyl sites for hydroxylation is 1. The third-order valence-corrected chi connectivity index (χ3v) is 4.87. The number of hydrogen-bond acceptors (Lipinski definition) is 2. The van der Waals surface area contributed by atoms with Crippen molar-refractivity contribution < 1.29 is 0 Å². The lowest BCUT2D eigenvalue weighted by Gasteiger charge is -2.22. The van der Waals surface area contributed by atoms with Gasteiger partial charge in [0.05, 0.1) is 0 Å². The number of hydrogen-bond donors (Lipinski definition) is 0. The molecule has 2 heterocycles. The first-order chi connectivity index (χ1) is 10.1. The van der Waals surface area contributed by atoms with Gasteiger partial charge < -0.3 is 9.80 Å². The van der Waals surface area contributed by atoms with Gasteiger partial charge in [0.15, 0.2) is 0 Å². The third kappa shape index (κ3) is 1.79. The van der Waals surface area contributed by atoms with Crippen LogP contribution >= 0.6 is 0 Å². The Morgan fingerprint density at radius 3 is 2.81 bits per heavy atom. The summed E-state index contributed by atoms with van der Waals surface area (Å²) in [6, 6.07) is 13.3. The molecule has 0 unspecified atom stereocenters. The molecular weight excluding hydrogens is 256 g/mol. The Morgan fingerprint density at radius 1 is 1.14 bits per heavy atom. The van der Waals surface area contributed by atoms with Crippen LogP contribution in [0, 0.1) is 6.92 Å². The number of fused-ring (bicyclic) bond motifs is 2. The zero-order chi connectivity index (χ0) is 14.6. The van der Waals surface area contributed by atoms with E-state index in [0.29, 0.717) is 0 Å². The molecule has 21 heavy (non-hydrogen) atoms. The highest BCUT2D eigenvalue weighted by Gasteiger charge is 2.26. The lowest BCUT2D eigenvalue weighted by Crippen LogP contribution is -2.15. The largest absolute Gasteiger partial charge is 0.374 e. The van der Waals surface area contributed by atoms with Gasteiger partial charge in [-0.25, -0.2) is 0 Å². The Labute approximate surface area is 126 Å². The average molecular weight is 276 g/mol. The molecule has 0 amide bonds. The first-order valence-corrected chi connectivity index (χ1v) is 7.54. The van der Waals surface area contributed by atoms with Crippen molar-refractivity contribution in [2.75, 3.05) is 23.4 Å². The second kappa shape index (κ2) is 4.39. The van der Waals surface area contributed by atoms with E-state index in [4.69, 9.17) is 0 Å². The maximum Gasteiger partial charge on any atom is 0.0491 e. The van der Waals surface area contributed by atoms with Crippen LogP contribution in [0.4, 0.5) is 11.4 Å². The van der Waals surface area contributed by atoms with Crippen molar-refractivity contribution in [1.29, 1.82) is 0 Å². The van der Waals surface area contributed by atoms with Crippen LogP contribution in [0.5, 0.6) is 0 Å². The molecule has 0 bridgehead atoms. The Kier molecular flexibility index (Phi) is 2.61. The van der Waals surface area contributed by atoms with Crippen molar-refractivity contribution in [3.63, 3.8) is 0 Å². The summed E-state index contributed by atoms with van der Waals surface area (Å²) in [6.45, 7) is 8.56. The van der Waals surface area contributed by atoms with E-state index in [9.17, 15) is 0 Å². The summed E-state index contributed by atoms with van der Waals surface area (Å²) in [5.41, 5.74) is 9.26. The third-order valence-electron chi connectivity index (χ3n) is 4.87. The van der Waals surface area contributed by atoms with Crippen LogP contribution in [0.25, 0.3) is 5.70 Å². The number of likely N-dealkylation sites (N-methyl/N-ethyl adjacent to an activating group) is 1. The molecule has 2 aromatic carbocycles. The van der Waals surface area contributed by atoms with Gasteiger partial charge in [0.25, 0.3) is 0 Å². The quantitative estimate of drug-likeness (QED) is 0.777. The van der Waals surface area contributed by atoms with Crippen LogP contribution in [0.1, 0.15) is 22.3 Å². The number of benzene rings is 2. The van der Waals surface area contributed by atoms with Gasteiger partial charge in [0.1, 0.15) is 0 Å². The molecule has 0 N–H and O–H groups in total. The van der Waals surface area contributed by atoms with Gasteiger partial charge in [-0.1, -0.05) is 30.8 Å². The molecule has 0 saturated heterocycles. The zero-order valence-corrected chi connectivity index (χ0v) is 12.7. The maximum absolute atomic E-state index is 4.32. The molecule has 0 aliphatic carbocycles. The molecule has 2 nitrogen and oxygen atoms in total. The SMILES string of the molecule is C=C1c2cccc(C)c2CN1c1ccc2c(c1)N(C)CC2. The Hall–Kier alpha value is -2.22. The van der Waals surface area contributed by atoms with Gasteiger partial charge in [-0.2, -0.15) is 0 Å². The van der Waals surface area contributed by atoms with Crippen molar-refractivity contribution in [1.82, 2.24) is 0 Å². The number of nitrogens with zero attached hydrogens (tertiary/aromatic N) is 2. The van der Waals surface area contributed by atoms with E-state index in [1.54, 1.807) is 0 Å². The molecule has 0 fully saturated rings. The fourth-order valence-electron chi connectivity index (χ4n) is 3.52. The normalized spacial score (nSPS) is 16.4. The molecule has 0 aromatic heterocycles. The van der Waals surface area contributed by atoms with E-state index < -0.39 is 0 Å². The van der Waals surface area contributed by atoms with Crippen LogP contribution in [0.2, 0.25) is 0 Å². The molecule has 2 aromatic rings. The standard InChI is InChI=1S/C19H20N2/c1-13-5-4-6-17-14(2)21(12-18(13)17)16-8-7-15-9-10-20(3)19(15)11-16/h4-8,11H,2,9-10,12H2,1,3H3. The van der Waals surface area contributed by atoms with Gasteiger partial charge in [-0.05, 0) is 42.2 Å². The molecule has 106 valence electrons. The maximum atomic E-state index is 4.32. The molecule has 2 aliphatic rings. The molecule has 0 atom stereocenters. The number of anilines is 2. The van der Waals surface area contributed by atoms with E-state index in [1.165, 1.54) is 33.6 Å². The van der Waals surface area contributed by atoms with Crippen LogP contribution in [-0.2, 0) is 13.0 Å². The second-order valence-electron chi connectivity index (χ2n) is 6.12. The van der Waals surface area contributed by atoms with Gasteiger partial charge in [-0.15, -0.1) is 0 Å². The molecule has 2 heteroatoms. The van der Waals surface area contributed by atoms with Crippen molar-refractivity contribution in [3.8, 4) is 0 Å². The van der Waals surface area contributed by atoms with E-state index in [2.05, 4.69) is 66.7 Å². The zero-order valence-electron chi connectivity index (χ0n) is 12.7. The minimum Gasteiger partial charge on any atom is -0.374 e. The average Bonchev–Trinajstić information content (AvgIpc) is 3.02. The van der Waals surface area contributed by atoms with E-state index in [-0.39, 0.29) is 0 Å². The minimum atomic E-state index is 0.934. The summed E-state index contributed by atoms with van der Waals surface area (Å²) in [5.74, 6) is 0. The molecule has 0 radical (unpaired) electrons. The highest BCUT2D eigenvalue weighted by Crippen LogP contribution is 2.39. The first kappa shape index (κ1) is 12.5. The van der Waals surface area contributed by atoms with E-state index >= 15 is 0 Å². The fraction of sp³-hybridized carbons (Fsp3) is 0.263. The smallest absolute Gasteiger partial charge is 0.0491 e. The summed E-state index contributed by atoms with van der Waals surface area (Å²) < 4.78 is 0. The Morgan fingerprint density at radius 2 is 2.00 bits per heavy atom. The van der Waals surface area contributed by atoms with Crippen LogP contribution in [0.15, 0.2) is 43.0 Å². The lowest BCUT2D eigenvalue weighted by molar-refractivity contribution is 0.955. The van der Waals surface area contributed by atoms with Gasteiger partial charge in [-0.3, -0.25) is 0 Å². The van der Waals surface area contributed by atoms with Crippen LogP contribution < -0.4 is 9.80 Å². The number of rotatable bonds is 1.